The Bertz CT molecular complexity index is 3210. The molecule has 8 nitrogen and oxygen atoms in total. The third-order valence-corrected chi connectivity index (χ3v) is 13.8. The van der Waals surface area contributed by atoms with E-state index in [4.69, 9.17) is 8.83 Å². The summed E-state index contributed by atoms with van der Waals surface area (Å²) in [4.78, 5) is 75.6. The van der Waals surface area contributed by atoms with Crippen molar-refractivity contribution in [2.75, 3.05) is 0 Å². The highest BCUT2D eigenvalue weighted by molar-refractivity contribution is 6.54. The molecule has 2 unspecified atom stereocenters. The van der Waals surface area contributed by atoms with Crippen LogP contribution in [0.3, 0.4) is 0 Å². The average Bonchev–Trinajstić information content (AvgIpc) is 3.99. The quantitative estimate of drug-likeness (QED) is 0.138. The Morgan fingerprint density at radius 2 is 1.16 bits per heavy atom. The second kappa shape index (κ2) is 15.6. The minimum Gasteiger partial charge on any atom is -0.463 e. The normalized spacial score (nSPS) is 18.6. The molecule has 4 aromatic carbocycles. The number of furan rings is 2. The van der Waals surface area contributed by atoms with Gasteiger partial charge in [-0.2, -0.15) is 0 Å². The van der Waals surface area contributed by atoms with Crippen LogP contribution < -0.4 is 0 Å². The fourth-order valence-corrected chi connectivity index (χ4v) is 10.5. The summed E-state index contributed by atoms with van der Waals surface area (Å²) in [5, 5.41) is 1.92. The SMILES string of the molecule is C.C=C1CCCc2c1ccc1c2C(=O)C(=O)c2c(C)coc2-1.Cc1cccc2c3c(ccc12)C(=O)C1=C(C=CC1C)C3=O.Cc1coc2c1C(=O)C(=O)c1c-2ccc2c1CCC(C)C2. The van der Waals surface area contributed by atoms with E-state index in [1.807, 2.05) is 62.4 Å². The molecule has 2 heterocycles. The summed E-state index contributed by atoms with van der Waals surface area (Å²) in [7, 11) is 0. The summed E-state index contributed by atoms with van der Waals surface area (Å²) in [5.41, 5.74) is 13.7. The maximum Gasteiger partial charge on any atom is 0.237 e. The van der Waals surface area contributed by atoms with Gasteiger partial charge in [-0.05, 0) is 133 Å². The summed E-state index contributed by atoms with van der Waals surface area (Å²) in [6, 6.07) is 17.6. The Labute approximate surface area is 371 Å². The molecule has 0 amide bonds. The van der Waals surface area contributed by atoms with Gasteiger partial charge in [-0.15, -0.1) is 0 Å². The van der Waals surface area contributed by atoms with Crippen LogP contribution in [0.25, 0.3) is 39.0 Å². The topological polar surface area (TPSA) is 129 Å². The van der Waals surface area contributed by atoms with Gasteiger partial charge in [0.05, 0.1) is 23.7 Å². The molecule has 6 aromatic rings. The standard InChI is InChI=1S/C19H14O2.C18H16O3.C18H14O3.CH4/c1-10-4-3-5-13-12(10)8-9-15-17(13)19(21)14-7-6-11(2)16(14)18(15)20;1-9-3-5-12-11(7-9)4-6-13-15(12)17(20)16(19)14-10(2)8-21-18(13)14;1-9-4-3-5-12-11(9)6-7-13-15(12)17(20)16(19)14-10(2)8-21-18(13)14;/h3-9,11H,1-2H3;4,6,8-9H,3,5,7H2,1-2H3;6-8H,1,3-5H2,2H3;1H4. The van der Waals surface area contributed by atoms with Gasteiger partial charge in [0.1, 0.15) is 11.5 Å². The molecule has 0 saturated heterocycles. The van der Waals surface area contributed by atoms with Gasteiger partial charge in [0.25, 0.3) is 0 Å². The smallest absolute Gasteiger partial charge is 0.237 e. The molecular formula is C56H48O8. The first-order valence-electron chi connectivity index (χ1n) is 21.6. The average molecular weight is 849 g/mol. The van der Waals surface area contributed by atoms with Crippen LogP contribution in [0.1, 0.15) is 142 Å². The van der Waals surface area contributed by atoms with Gasteiger partial charge in [-0.3, -0.25) is 28.8 Å². The number of Topliss-reactive ketones (excluding diaryl/α,β-unsaturated/α-hetero) is 6. The molecule has 0 N–H and O–H groups in total. The van der Waals surface area contributed by atoms with E-state index in [-0.39, 0.29) is 30.7 Å². The second-order valence-corrected chi connectivity index (χ2v) is 17.8. The van der Waals surface area contributed by atoms with Crippen LogP contribution >= 0.6 is 0 Å². The van der Waals surface area contributed by atoms with Gasteiger partial charge in [0.2, 0.25) is 23.1 Å². The highest BCUT2D eigenvalue weighted by atomic mass is 16.3. The largest absolute Gasteiger partial charge is 0.463 e. The van der Waals surface area contributed by atoms with E-state index in [0.717, 1.165) is 99.4 Å². The number of carbonyl (C=O) groups excluding carboxylic acids is 6. The zero-order chi connectivity index (χ0) is 44.2. The third kappa shape index (κ3) is 6.25. The lowest BCUT2D eigenvalue weighted by molar-refractivity contribution is 0.0813. The molecule has 64 heavy (non-hydrogen) atoms. The molecule has 0 saturated carbocycles. The van der Waals surface area contributed by atoms with E-state index in [1.165, 1.54) is 5.56 Å². The molecule has 0 aliphatic heterocycles. The number of benzene rings is 4. The maximum atomic E-state index is 12.9. The molecule has 2 aromatic heterocycles. The van der Waals surface area contributed by atoms with E-state index in [1.54, 1.807) is 38.5 Å². The fraction of sp³-hybridized carbons (Fsp3) is 0.250. The molecule has 0 radical (unpaired) electrons. The monoisotopic (exact) mass is 848 g/mol. The van der Waals surface area contributed by atoms with E-state index in [2.05, 4.69) is 19.6 Å². The van der Waals surface area contributed by atoms with Crippen LogP contribution in [0.15, 0.2) is 106 Å². The van der Waals surface area contributed by atoms with Crippen LogP contribution in [-0.4, -0.2) is 34.7 Å². The summed E-state index contributed by atoms with van der Waals surface area (Å²) in [5.74, 6) is 0.0896. The summed E-state index contributed by atoms with van der Waals surface area (Å²) in [6.45, 7) is 13.9. The third-order valence-electron chi connectivity index (χ3n) is 13.8. The van der Waals surface area contributed by atoms with Gasteiger partial charge < -0.3 is 8.83 Å². The Balaban J connectivity index is 0.000000121. The van der Waals surface area contributed by atoms with Gasteiger partial charge in [-0.1, -0.05) is 82.5 Å². The first-order valence-corrected chi connectivity index (χ1v) is 21.6. The van der Waals surface area contributed by atoms with Crippen LogP contribution in [0.2, 0.25) is 0 Å². The predicted molar refractivity (Wildman–Crippen MR) is 248 cm³/mol. The Kier molecular flexibility index (Phi) is 10.3. The van der Waals surface area contributed by atoms with Crippen LogP contribution in [-0.2, 0) is 19.3 Å². The molecular weight excluding hydrogens is 801 g/mol. The molecule has 320 valence electrons. The number of ketones is 6. The first kappa shape index (κ1) is 42.3. The summed E-state index contributed by atoms with van der Waals surface area (Å²) < 4.78 is 11.1. The van der Waals surface area contributed by atoms with Crippen molar-refractivity contribution in [1.29, 1.82) is 0 Å². The number of hydrogen-bond acceptors (Lipinski definition) is 8. The minimum absolute atomic E-state index is 0. The first-order chi connectivity index (χ1) is 30.3. The van der Waals surface area contributed by atoms with Crippen molar-refractivity contribution in [3.05, 3.63) is 169 Å². The van der Waals surface area contributed by atoms with E-state index >= 15 is 0 Å². The van der Waals surface area contributed by atoms with Gasteiger partial charge in [-0.25, -0.2) is 0 Å². The van der Waals surface area contributed by atoms with Crippen LogP contribution in [0.4, 0.5) is 0 Å². The van der Waals surface area contributed by atoms with Crippen molar-refractivity contribution in [2.45, 2.75) is 80.6 Å². The van der Waals surface area contributed by atoms with E-state index in [0.29, 0.717) is 62.0 Å². The second-order valence-electron chi connectivity index (χ2n) is 17.8. The van der Waals surface area contributed by atoms with E-state index in [9.17, 15) is 28.8 Å². The van der Waals surface area contributed by atoms with Gasteiger partial charge in [0, 0.05) is 50.4 Å². The Morgan fingerprint density at radius 3 is 1.83 bits per heavy atom. The number of hydrogen-bond donors (Lipinski definition) is 0. The zero-order valence-corrected chi connectivity index (χ0v) is 35.9. The Morgan fingerprint density at radius 1 is 0.562 bits per heavy atom. The molecule has 12 rings (SSSR count). The highest BCUT2D eigenvalue weighted by Gasteiger charge is 2.40. The summed E-state index contributed by atoms with van der Waals surface area (Å²) in [6.07, 6.45) is 12.5. The molecule has 0 bridgehead atoms. The van der Waals surface area contributed by atoms with E-state index < -0.39 is 17.3 Å². The van der Waals surface area contributed by atoms with Crippen LogP contribution in [0.5, 0.6) is 0 Å². The lowest BCUT2D eigenvalue weighted by atomic mass is 9.76. The minimum atomic E-state index is -0.451. The number of carbonyl (C=O) groups is 6. The van der Waals surface area contributed by atoms with Gasteiger partial charge >= 0.3 is 0 Å². The van der Waals surface area contributed by atoms with Crippen molar-refractivity contribution >= 4 is 51.0 Å². The maximum absolute atomic E-state index is 12.9. The van der Waals surface area contributed by atoms with Crippen molar-refractivity contribution in [3.63, 3.8) is 0 Å². The van der Waals surface area contributed by atoms with Crippen molar-refractivity contribution in [2.24, 2.45) is 11.8 Å². The fourth-order valence-electron chi connectivity index (χ4n) is 10.5. The molecule has 0 spiro atoms. The van der Waals surface area contributed by atoms with Gasteiger partial charge in [0.15, 0.2) is 11.6 Å². The number of fused-ring (bicyclic) bond motifs is 13. The zero-order valence-electron chi connectivity index (χ0n) is 35.9. The summed E-state index contributed by atoms with van der Waals surface area (Å²) >= 11 is 0. The Hall–Kier alpha value is -7.06. The lowest BCUT2D eigenvalue weighted by Gasteiger charge is -2.26. The van der Waals surface area contributed by atoms with Crippen molar-refractivity contribution in [3.8, 4) is 22.6 Å². The number of allylic oxidation sites excluding steroid dienone is 5. The molecule has 8 heteroatoms. The van der Waals surface area contributed by atoms with Crippen molar-refractivity contribution < 1.29 is 37.6 Å². The van der Waals surface area contributed by atoms with Crippen molar-refractivity contribution in [1.82, 2.24) is 0 Å². The lowest BCUT2D eigenvalue weighted by Crippen LogP contribution is -2.25. The molecule has 6 aliphatic rings. The molecule has 6 aliphatic carbocycles. The predicted octanol–water partition coefficient (Wildman–Crippen LogP) is 12.4. The number of rotatable bonds is 0. The molecule has 2 atom stereocenters. The van der Waals surface area contributed by atoms with Crippen LogP contribution in [0, 0.1) is 32.6 Å². The highest BCUT2D eigenvalue weighted by Crippen LogP contribution is 2.44. The molecule has 0 fully saturated rings. The number of aryl methyl sites for hydroxylation is 3.